The van der Waals surface area contributed by atoms with Crippen LogP contribution in [0.15, 0.2) is 12.1 Å². The molecule has 0 radical (unpaired) electrons. The molecule has 2 atom stereocenters. The number of nitrogens with one attached hydrogen (secondary N) is 1. The third-order valence-corrected chi connectivity index (χ3v) is 7.73. The van der Waals surface area contributed by atoms with Gasteiger partial charge in [-0.2, -0.15) is 0 Å². The van der Waals surface area contributed by atoms with Crippen molar-refractivity contribution in [2.75, 3.05) is 24.5 Å². The molecule has 2 aromatic heterocycles. The maximum Gasteiger partial charge on any atom is 0.225 e. The lowest BCUT2D eigenvalue weighted by Gasteiger charge is -2.40. The van der Waals surface area contributed by atoms with Crippen LogP contribution in [0.2, 0.25) is 0 Å². The number of carbonyl (C=O) groups excluding carboxylic acids is 1. The number of hydrogen-bond donors (Lipinski definition) is 1. The molecule has 28 heavy (non-hydrogen) atoms. The summed E-state index contributed by atoms with van der Waals surface area (Å²) in [5.74, 6) is 2.28. The van der Waals surface area contributed by atoms with Crippen molar-refractivity contribution >= 4 is 17.4 Å². The first-order valence-electron chi connectivity index (χ1n) is 10.6. The number of carbonyl (C=O) groups is 1. The van der Waals surface area contributed by atoms with Crippen LogP contribution in [-0.2, 0) is 4.79 Å². The molecule has 2 saturated carbocycles. The molecule has 0 bridgehead atoms. The van der Waals surface area contributed by atoms with Gasteiger partial charge in [0.15, 0.2) is 11.5 Å². The third-order valence-electron chi connectivity index (χ3n) is 7.73. The van der Waals surface area contributed by atoms with E-state index in [2.05, 4.69) is 44.7 Å². The standard InChI is InChI=1S/C20H29N7O/c1-19(2,14-5-3-6-14)18(28)21-12-20-10-4-7-15(20)11-26(13-20)17-9-8-16-22-24-25-27(16)23-17/h8-9,14-15H,3-7,10-13H2,1-2H3,(H,21,28)/t15-,20-/m0/s1. The molecular formula is C20H29N7O. The topological polar surface area (TPSA) is 88.3 Å². The zero-order valence-corrected chi connectivity index (χ0v) is 16.8. The normalized spacial score (nSPS) is 27.8. The van der Waals surface area contributed by atoms with Crippen LogP contribution in [0.5, 0.6) is 0 Å². The molecule has 5 rings (SSSR count). The van der Waals surface area contributed by atoms with Gasteiger partial charge in [-0.25, -0.2) is 0 Å². The van der Waals surface area contributed by atoms with Crippen LogP contribution in [0.3, 0.4) is 0 Å². The summed E-state index contributed by atoms with van der Waals surface area (Å²) >= 11 is 0. The zero-order valence-electron chi connectivity index (χ0n) is 16.8. The molecule has 3 fully saturated rings. The van der Waals surface area contributed by atoms with E-state index in [-0.39, 0.29) is 16.7 Å². The number of amides is 1. The molecule has 8 heteroatoms. The monoisotopic (exact) mass is 383 g/mol. The molecule has 0 spiro atoms. The van der Waals surface area contributed by atoms with Gasteiger partial charge in [0.1, 0.15) is 0 Å². The molecule has 1 saturated heterocycles. The summed E-state index contributed by atoms with van der Waals surface area (Å²) in [6.07, 6.45) is 7.29. The first-order chi connectivity index (χ1) is 13.5. The zero-order chi connectivity index (χ0) is 19.4. The number of fused-ring (bicyclic) bond motifs is 2. The van der Waals surface area contributed by atoms with Crippen LogP contribution in [0.25, 0.3) is 5.65 Å². The van der Waals surface area contributed by atoms with Gasteiger partial charge in [0, 0.05) is 30.5 Å². The second-order valence-corrected chi connectivity index (χ2v) is 9.58. The average molecular weight is 384 g/mol. The van der Waals surface area contributed by atoms with Gasteiger partial charge in [0.2, 0.25) is 5.91 Å². The molecule has 3 aliphatic rings. The van der Waals surface area contributed by atoms with Gasteiger partial charge in [0.05, 0.1) is 0 Å². The Kier molecular flexibility index (Phi) is 4.07. The van der Waals surface area contributed by atoms with Crippen LogP contribution < -0.4 is 10.2 Å². The average Bonchev–Trinajstić information content (AvgIpc) is 3.30. The first kappa shape index (κ1) is 17.8. The lowest BCUT2D eigenvalue weighted by Crippen LogP contribution is -2.48. The van der Waals surface area contributed by atoms with E-state index in [1.54, 1.807) is 0 Å². The molecule has 8 nitrogen and oxygen atoms in total. The number of tetrazole rings is 1. The fraction of sp³-hybridized carbons (Fsp3) is 0.750. The number of anilines is 1. The quantitative estimate of drug-likeness (QED) is 0.850. The lowest BCUT2D eigenvalue weighted by atomic mass is 9.66. The SMILES string of the molecule is CC(C)(C(=O)NC[C@]12CCC[C@H]1CN(c1ccc3nnnn3n1)C2)C1CCC1. The third kappa shape index (κ3) is 2.76. The van der Waals surface area contributed by atoms with E-state index in [1.165, 1.54) is 43.2 Å². The van der Waals surface area contributed by atoms with Gasteiger partial charge in [-0.1, -0.05) is 26.7 Å². The summed E-state index contributed by atoms with van der Waals surface area (Å²) in [6, 6.07) is 3.91. The van der Waals surface area contributed by atoms with Crippen LogP contribution in [0.1, 0.15) is 52.4 Å². The summed E-state index contributed by atoms with van der Waals surface area (Å²) in [5, 5.41) is 19.4. The molecule has 0 aromatic carbocycles. The van der Waals surface area contributed by atoms with E-state index >= 15 is 0 Å². The fourth-order valence-electron chi connectivity index (χ4n) is 5.49. The highest BCUT2D eigenvalue weighted by atomic mass is 16.2. The van der Waals surface area contributed by atoms with Crippen molar-refractivity contribution in [3.63, 3.8) is 0 Å². The van der Waals surface area contributed by atoms with E-state index in [0.29, 0.717) is 17.5 Å². The van der Waals surface area contributed by atoms with Crippen molar-refractivity contribution in [2.45, 2.75) is 52.4 Å². The summed E-state index contributed by atoms with van der Waals surface area (Å²) in [6.45, 7) is 6.92. The largest absolute Gasteiger partial charge is 0.355 e. The Morgan fingerprint density at radius 1 is 1.29 bits per heavy atom. The van der Waals surface area contributed by atoms with Gasteiger partial charge < -0.3 is 10.2 Å². The van der Waals surface area contributed by atoms with Gasteiger partial charge in [-0.05, 0) is 60.1 Å². The van der Waals surface area contributed by atoms with E-state index in [4.69, 9.17) is 0 Å². The Labute approximate surface area is 165 Å². The minimum absolute atomic E-state index is 0.155. The number of hydrogen-bond acceptors (Lipinski definition) is 6. The fourth-order valence-corrected chi connectivity index (χ4v) is 5.49. The smallest absolute Gasteiger partial charge is 0.225 e. The minimum Gasteiger partial charge on any atom is -0.355 e. The van der Waals surface area contributed by atoms with Crippen molar-refractivity contribution in [2.24, 2.45) is 22.7 Å². The van der Waals surface area contributed by atoms with Gasteiger partial charge >= 0.3 is 0 Å². The number of nitrogens with zero attached hydrogens (tertiary/aromatic N) is 6. The van der Waals surface area contributed by atoms with E-state index in [9.17, 15) is 4.79 Å². The predicted octanol–water partition coefficient (Wildman–Crippen LogP) is 2.07. The van der Waals surface area contributed by atoms with Crippen molar-refractivity contribution in [3.05, 3.63) is 12.1 Å². The molecule has 2 aromatic rings. The van der Waals surface area contributed by atoms with Crippen LogP contribution in [0.4, 0.5) is 5.82 Å². The van der Waals surface area contributed by atoms with Crippen LogP contribution in [0, 0.1) is 22.7 Å². The summed E-state index contributed by atoms with van der Waals surface area (Å²) in [5.41, 5.74) is 0.555. The Balaban J connectivity index is 1.30. The number of aromatic nitrogens is 5. The Bertz CT molecular complexity index is 890. The highest BCUT2D eigenvalue weighted by molar-refractivity contribution is 5.82. The Hall–Kier alpha value is -2.25. The Morgan fingerprint density at radius 2 is 2.14 bits per heavy atom. The number of rotatable bonds is 5. The van der Waals surface area contributed by atoms with Crippen LogP contribution in [-0.4, -0.2) is 50.8 Å². The molecule has 1 N–H and O–H groups in total. The predicted molar refractivity (Wildman–Crippen MR) is 105 cm³/mol. The highest BCUT2D eigenvalue weighted by Gasteiger charge is 2.50. The molecule has 2 aliphatic carbocycles. The highest BCUT2D eigenvalue weighted by Crippen LogP contribution is 2.49. The Morgan fingerprint density at radius 3 is 2.93 bits per heavy atom. The first-order valence-corrected chi connectivity index (χ1v) is 10.6. The molecular weight excluding hydrogens is 354 g/mol. The molecule has 1 amide bonds. The molecule has 0 unspecified atom stereocenters. The molecule has 3 heterocycles. The second kappa shape index (κ2) is 6.39. The van der Waals surface area contributed by atoms with Crippen molar-refractivity contribution in [1.29, 1.82) is 0 Å². The maximum absolute atomic E-state index is 12.9. The van der Waals surface area contributed by atoms with Crippen molar-refractivity contribution < 1.29 is 4.79 Å². The van der Waals surface area contributed by atoms with Crippen molar-refractivity contribution in [1.82, 2.24) is 30.6 Å². The van der Waals surface area contributed by atoms with Gasteiger partial charge in [-0.15, -0.1) is 14.8 Å². The second-order valence-electron chi connectivity index (χ2n) is 9.58. The lowest BCUT2D eigenvalue weighted by molar-refractivity contribution is -0.134. The van der Waals surface area contributed by atoms with Crippen molar-refractivity contribution in [3.8, 4) is 0 Å². The van der Waals surface area contributed by atoms with E-state index in [0.717, 1.165) is 25.5 Å². The summed E-state index contributed by atoms with van der Waals surface area (Å²) in [7, 11) is 0. The van der Waals surface area contributed by atoms with Gasteiger partial charge in [0.25, 0.3) is 0 Å². The molecule has 150 valence electrons. The van der Waals surface area contributed by atoms with E-state index < -0.39 is 0 Å². The van der Waals surface area contributed by atoms with Gasteiger partial charge in [-0.3, -0.25) is 4.79 Å². The summed E-state index contributed by atoms with van der Waals surface area (Å²) < 4.78 is 1.49. The maximum atomic E-state index is 12.9. The van der Waals surface area contributed by atoms with Crippen LogP contribution >= 0.6 is 0 Å². The van der Waals surface area contributed by atoms with E-state index in [1.807, 2.05) is 12.1 Å². The minimum atomic E-state index is -0.256. The summed E-state index contributed by atoms with van der Waals surface area (Å²) in [4.78, 5) is 15.3. The molecule has 1 aliphatic heterocycles.